The second-order valence-electron chi connectivity index (χ2n) is 4.80. The summed E-state index contributed by atoms with van der Waals surface area (Å²) in [7, 11) is 0. The van der Waals surface area contributed by atoms with E-state index in [1.165, 1.54) is 6.42 Å². The Morgan fingerprint density at radius 3 is 2.43 bits per heavy atom. The molecule has 2 N–H and O–H groups in total. The van der Waals surface area contributed by atoms with E-state index in [1.807, 2.05) is 6.92 Å². The van der Waals surface area contributed by atoms with Crippen molar-refractivity contribution in [2.45, 2.75) is 46.2 Å². The molecule has 0 saturated heterocycles. The van der Waals surface area contributed by atoms with E-state index < -0.39 is 0 Å². The zero-order valence-corrected chi connectivity index (χ0v) is 9.63. The summed E-state index contributed by atoms with van der Waals surface area (Å²) >= 11 is 0. The Morgan fingerprint density at radius 2 is 2.00 bits per heavy atom. The van der Waals surface area contributed by atoms with Gasteiger partial charge in [0.25, 0.3) is 0 Å². The molecule has 1 aliphatic rings. The van der Waals surface area contributed by atoms with Gasteiger partial charge < -0.3 is 10.6 Å². The smallest absolute Gasteiger partial charge is 0.234 e. The third-order valence-corrected chi connectivity index (χ3v) is 3.02. The molecular weight excluding hydrogens is 176 g/mol. The second-order valence-corrected chi connectivity index (χ2v) is 4.80. The molecule has 3 atom stereocenters. The molecule has 1 aliphatic carbocycles. The van der Waals surface area contributed by atoms with Gasteiger partial charge in [-0.15, -0.1) is 0 Å². The molecule has 0 aliphatic heterocycles. The van der Waals surface area contributed by atoms with E-state index in [-0.39, 0.29) is 11.9 Å². The van der Waals surface area contributed by atoms with Crippen molar-refractivity contribution in [3.8, 4) is 0 Å². The van der Waals surface area contributed by atoms with Gasteiger partial charge in [0.15, 0.2) is 0 Å². The maximum absolute atomic E-state index is 11.4. The molecule has 0 spiro atoms. The van der Waals surface area contributed by atoms with Crippen molar-refractivity contribution >= 4 is 5.91 Å². The lowest BCUT2D eigenvalue weighted by atomic mass is 10.1. The van der Waals surface area contributed by atoms with Gasteiger partial charge in [0.2, 0.25) is 5.91 Å². The van der Waals surface area contributed by atoms with Gasteiger partial charge in [-0.1, -0.05) is 20.8 Å². The van der Waals surface area contributed by atoms with Crippen LogP contribution in [0.4, 0.5) is 0 Å². The first kappa shape index (κ1) is 11.5. The minimum Gasteiger partial charge on any atom is -0.352 e. The van der Waals surface area contributed by atoms with Gasteiger partial charge in [-0.05, 0) is 25.2 Å². The van der Waals surface area contributed by atoms with Crippen LogP contribution in [0.15, 0.2) is 0 Å². The van der Waals surface area contributed by atoms with Crippen LogP contribution >= 0.6 is 0 Å². The molecule has 0 heterocycles. The predicted octanol–water partition coefficient (Wildman–Crippen LogP) is 1.15. The van der Waals surface area contributed by atoms with Crippen LogP contribution in [0.1, 0.15) is 34.1 Å². The average Bonchev–Trinajstić information content (AvgIpc) is 2.78. The zero-order valence-electron chi connectivity index (χ0n) is 9.63. The standard InChI is InChI=1S/C11H22N2O/c1-7(2)9(4)13-11(14)6-12-10-5-8(10)3/h7-10,12H,5-6H2,1-4H3,(H,13,14). The van der Waals surface area contributed by atoms with Crippen molar-refractivity contribution in [2.24, 2.45) is 11.8 Å². The normalized spacial score (nSPS) is 27.5. The first-order valence-electron chi connectivity index (χ1n) is 5.53. The number of carbonyl (C=O) groups is 1. The van der Waals surface area contributed by atoms with Crippen LogP contribution in [0.2, 0.25) is 0 Å². The van der Waals surface area contributed by atoms with Crippen molar-refractivity contribution in [3.05, 3.63) is 0 Å². The Labute approximate surface area is 86.6 Å². The summed E-state index contributed by atoms with van der Waals surface area (Å²) in [5, 5.41) is 6.21. The summed E-state index contributed by atoms with van der Waals surface area (Å²) < 4.78 is 0. The van der Waals surface area contributed by atoms with E-state index >= 15 is 0 Å². The molecular formula is C11H22N2O. The van der Waals surface area contributed by atoms with Crippen LogP contribution in [-0.4, -0.2) is 24.5 Å². The maximum atomic E-state index is 11.4. The van der Waals surface area contributed by atoms with Crippen LogP contribution in [0.5, 0.6) is 0 Å². The molecule has 14 heavy (non-hydrogen) atoms. The summed E-state index contributed by atoms with van der Waals surface area (Å²) in [5.74, 6) is 1.37. The molecule has 1 rings (SSSR count). The lowest BCUT2D eigenvalue weighted by molar-refractivity contribution is -0.121. The summed E-state index contributed by atoms with van der Waals surface area (Å²) in [4.78, 5) is 11.4. The monoisotopic (exact) mass is 198 g/mol. The third kappa shape index (κ3) is 3.66. The Kier molecular flexibility index (Phi) is 3.93. The Hall–Kier alpha value is -0.570. The van der Waals surface area contributed by atoms with Crippen LogP contribution in [-0.2, 0) is 4.79 Å². The number of hydrogen-bond acceptors (Lipinski definition) is 2. The van der Waals surface area contributed by atoms with E-state index in [1.54, 1.807) is 0 Å². The van der Waals surface area contributed by atoms with E-state index in [4.69, 9.17) is 0 Å². The van der Waals surface area contributed by atoms with Crippen molar-refractivity contribution < 1.29 is 4.79 Å². The summed E-state index contributed by atoms with van der Waals surface area (Å²) in [6.07, 6.45) is 1.22. The lowest BCUT2D eigenvalue weighted by Gasteiger charge is -2.17. The fourth-order valence-corrected chi connectivity index (χ4v) is 1.30. The van der Waals surface area contributed by atoms with E-state index in [9.17, 15) is 4.79 Å². The topological polar surface area (TPSA) is 41.1 Å². The molecule has 0 radical (unpaired) electrons. The van der Waals surface area contributed by atoms with Gasteiger partial charge in [0.05, 0.1) is 6.54 Å². The zero-order chi connectivity index (χ0) is 10.7. The predicted molar refractivity (Wildman–Crippen MR) is 58.0 cm³/mol. The van der Waals surface area contributed by atoms with E-state index in [2.05, 4.69) is 31.4 Å². The highest BCUT2D eigenvalue weighted by atomic mass is 16.1. The molecule has 1 saturated carbocycles. The molecule has 0 bridgehead atoms. The number of carbonyl (C=O) groups excluding carboxylic acids is 1. The first-order chi connectivity index (χ1) is 6.50. The van der Waals surface area contributed by atoms with Gasteiger partial charge in [-0.2, -0.15) is 0 Å². The molecule has 3 unspecified atom stereocenters. The van der Waals surface area contributed by atoms with Gasteiger partial charge in [0.1, 0.15) is 0 Å². The first-order valence-corrected chi connectivity index (χ1v) is 5.53. The molecule has 82 valence electrons. The molecule has 1 amide bonds. The van der Waals surface area contributed by atoms with Gasteiger partial charge >= 0.3 is 0 Å². The Balaban J connectivity index is 2.09. The van der Waals surface area contributed by atoms with Gasteiger partial charge in [-0.25, -0.2) is 0 Å². The number of rotatable bonds is 5. The largest absolute Gasteiger partial charge is 0.352 e. The van der Waals surface area contributed by atoms with E-state index in [0.29, 0.717) is 18.5 Å². The van der Waals surface area contributed by atoms with Crippen molar-refractivity contribution in [1.29, 1.82) is 0 Å². The summed E-state index contributed by atoms with van der Waals surface area (Å²) in [5.41, 5.74) is 0. The molecule has 3 heteroatoms. The molecule has 3 nitrogen and oxygen atoms in total. The molecule has 0 aromatic rings. The molecule has 1 fully saturated rings. The quantitative estimate of drug-likeness (QED) is 0.695. The highest BCUT2D eigenvalue weighted by Crippen LogP contribution is 2.28. The number of hydrogen-bond donors (Lipinski definition) is 2. The van der Waals surface area contributed by atoms with Crippen LogP contribution in [0.25, 0.3) is 0 Å². The summed E-state index contributed by atoms with van der Waals surface area (Å²) in [6, 6.07) is 0.844. The minimum atomic E-state index is 0.116. The second kappa shape index (κ2) is 4.78. The highest BCUT2D eigenvalue weighted by Gasteiger charge is 2.32. The molecule has 0 aromatic heterocycles. The van der Waals surface area contributed by atoms with Crippen LogP contribution < -0.4 is 10.6 Å². The van der Waals surface area contributed by atoms with Gasteiger partial charge in [0, 0.05) is 12.1 Å². The fourth-order valence-electron chi connectivity index (χ4n) is 1.30. The average molecular weight is 198 g/mol. The Morgan fingerprint density at radius 1 is 1.43 bits per heavy atom. The minimum absolute atomic E-state index is 0.116. The number of nitrogens with one attached hydrogen (secondary N) is 2. The maximum Gasteiger partial charge on any atom is 0.234 e. The van der Waals surface area contributed by atoms with Crippen molar-refractivity contribution in [2.75, 3.05) is 6.54 Å². The Bertz CT molecular complexity index is 203. The third-order valence-electron chi connectivity index (χ3n) is 3.02. The SMILES string of the molecule is CC(C)C(C)NC(=O)CNC1CC1C. The fraction of sp³-hybridized carbons (Fsp3) is 0.909. The van der Waals surface area contributed by atoms with Crippen molar-refractivity contribution in [3.63, 3.8) is 0 Å². The number of amides is 1. The highest BCUT2D eigenvalue weighted by molar-refractivity contribution is 5.78. The van der Waals surface area contributed by atoms with Crippen molar-refractivity contribution in [1.82, 2.24) is 10.6 Å². The lowest BCUT2D eigenvalue weighted by Crippen LogP contribution is -2.41. The van der Waals surface area contributed by atoms with Crippen LogP contribution in [0.3, 0.4) is 0 Å². The molecule has 0 aromatic carbocycles. The van der Waals surface area contributed by atoms with Gasteiger partial charge in [-0.3, -0.25) is 4.79 Å². The van der Waals surface area contributed by atoms with Crippen LogP contribution in [0, 0.1) is 11.8 Å². The van der Waals surface area contributed by atoms with E-state index in [0.717, 1.165) is 5.92 Å². The summed E-state index contributed by atoms with van der Waals surface area (Å²) in [6.45, 7) is 8.93.